The highest BCUT2D eigenvalue weighted by molar-refractivity contribution is 5.83. The predicted molar refractivity (Wildman–Crippen MR) is 78.3 cm³/mol. The average Bonchev–Trinajstić information content (AvgIpc) is 3.28. The van der Waals surface area contributed by atoms with Crippen LogP contribution in [0.2, 0.25) is 0 Å². The van der Waals surface area contributed by atoms with E-state index < -0.39 is 6.10 Å². The Balaban J connectivity index is 1.68. The van der Waals surface area contributed by atoms with Crippen molar-refractivity contribution in [2.75, 3.05) is 6.54 Å². The third-order valence-corrected chi connectivity index (χ3v) is 4.72. The van der Waals surface area contributed by atoms with Gasteiger partial charge in [0.2, 0.25) is 5.91 Å². The summed E-state index contributed by atoms with van der Waals surface area (Å²) < 4.78 is 0. The van der Waals surface area contributed by atoms with Gasteiger partial charge in [-0.15, -0.1) is 0 Å². The third-order valence-electron chi connectivity index (χ3n) is 4.72. The number of aliphatic hydroxyl groups excluding tert-OH is 1. The zero-order valence-electron chi connectivity index (χ0n) is 12.0. The quantitative estimate of drug-likeness (QED) is 0.919. The Morgan fingerprint density at radius 1 is 1.30 bits per heavy atom. The zero-order valence-corrected chi connectivity index (χ0v) is 12.0. The fourth-order valence-electron chi connectivity index (χ4n) is 3.48. The number of carbonyl (C=O) groups excluding carboxylic acids is 1. The molecule has 0 bridgehead atoms. The fourth-order valence-corrected chi connectivity index (χ4v) is 3.48. The Labute approximate surface area is 120 Å². The second kappa shape index (κ2) is 5.57. The molecule has 1 amide bonds. The molecule has 4 atom stereocenters. The molecular formula is C17H23NO2. The Morgan fingerprint density at radius 2 is 2.05 bits per heavy atom. The van der Waals surface area contributed by atoms with Gasteiger partial charge in [0.25, 0.3) is 0 Å². The molecule has 1 saturated carbocycles. The third kappa shape index (κ3) is 2.59. The van der Waals surface area contributed by atoms with Gasteiger partial charge in [-0.25, -0.2) is 0 Å². The van der Waals surface area contributed by atoms with Gasteiger partial charge in [0.05, 0.1) is 12.1 Å². The number of piperidine rings is 1. The van der Waals surface area contributed by atoms with Gasteiger partial charge in [-0.2, -0.15) is 0 Å². The standard InChI is InChI=1S/C17H23NO2/c1-12(19)16-9-5-6-10-18(16)17(20)15-11-14(15)13-7-3-2-4-8-13/h2-4,7-8,12,14-16,19H,5-6,9-11H2,1H3. The number of likely N-dealkylation sites (tertiary alicyclic amines) is 1. The SMILES string of the molecule is CC(O)C1CCCCN1C(=O)C1CC1c1ccccc1. The zero-order chi connectivity index (χ0) is 14.1. The van der Waals surface area contributed by atoms with Gasteiger partial charge >= 0.3 is 0 Å². The number of rotatable bonds is 3. The maximum absolute atomic E-state index is 12.7. The van der Waals surface area contributed by atoms with E-state index in [9.17, 15) is 9.90 Å². The summed E-state index contributed by atoms with van der Waals surface area (Å²) in [6.07, 6.45) is 3.66. The number of aliphatic hydroxyl groups is 1. The summed E-state index contributed by atoms with van der Waals surface area (Å²) >= 11 is 0. The maximum atomic E-state index is 12.7. The van der Waals surface area contributed by atoms with E-state index in [1.165, 1.54) is 5.56 Å². The summed E-state index contributed by atoms with van der Waals surface area (Å²) in [6.45, 7) is 2.62. The van der Waals surface area contributed by atoms with Crippen molar-refractivity contribution in [3.8, 4) is 0 Å². The molecule has 1 N–H and O–H groups in total. The van der Waals surface area contributed by atoms with Crippen LogP contribution in [0.25, 0.3) is 0 Å². The minimum Gasteiger partial charge on any atom is -0.391 e. The molecule has 0 radical (unpaired) electrons. The van der Waals surface area contributed by atoms with Gasteiger partial charge in [0, 0.05) is 12.5 Å². The van der Waals surface area contributed by atoms with Crippen LogP contribution in [-0.2, 0) is 4.79 Å². The van der Waals surface area contributed by atoms with Crippen molar-refractivity contribution in [2.45, 2.75) is 50.7 Å². The van der Waals surface area contributed by atoms with E-state index in [4.69, 9.17) is 0 Å². The fraction of sp³-hybridized carbons (Fsp3) is 0.588. The van der Waals surface area contributed by atoms with Crippen LogP contribution in [0, 0.1) is 5.92 Å². The number of hydrogen-bond donors (Lipinski definition) is 1. The molecule has 1 aliphatic heterocycles. The molecule has 108 valence electrons. The predicted octanol–water partition coefficient (Wildman–Crippen LogP) is 2.55. The molecule has 2 aliphatic rings. The van der Waals surface area contributed by atoms with Gasteiger partial charge in [0.15, 0.2) is 0 Å². The topological polar surface area (TPSA) is 40.5 Å². The summed E-state index contributed by atoms with van der Waals surface area (Å²) in [5, 5.41) is 9.89. The lowest BCUT2D eigenvalue weighted by Crippen LogP contribution is -2.49. The van der Waals surface area contributed by atoms with E-state index in [0.29, 0.717) is 5.92 Å². The minimum atomic E-state index is -0.423. The van der Waals surface area contributed by atoms with Crippen molar-refractivity contribution in [3.63, 3.8) is 0 Å². The molecule has 1 heterocycles. The number of amides is 1. The largest absolute Gasteiger partial charge is 0.391 e. The summed E-state index contributed by atoms with van der Waals surface area (Å²) in [6, 6.07) is 10.3. The summed E-state index contributed by atoms with van der Waals surface area (Å²) in [5.74, 6) is 0.779. The van der Waals surface area contributed by atoms with Crippen LogP contribution in [0.1, 0.15) is 44.1 Å². The van der Waals surface area contributed by atoms with E-state index in [2.05, 4.69) is 12.1 Å². The van der Waals surface area contributed by atoms with Gasteiger partial charge in [0.1, 0.15) is 0 Å². The van der Waals surface area contributed by atoms with Crippen LogP contribution >= 0.6 is 0 Å². The average molecular weight is 273 g/mol. The second-order valence-corrected chi connectivity index (χ2v) is 6.19. The molecule has 3 nitrogen and oxygen atoms in total. The molecule has 1 aromatic rings. The Bertz CT molecular complexity index is 471. The van der Waals surface area contributed by atoms with Crippen molar-refractivity contribution in [1.82, 2.24) is 4.90 Å². The van der Waals surface area contributed by atoms with Crippen LogP contribution in [0.5, 0.6) is 0 Å². The number of hydrogen-bond acceptors (Lipinski definition) is 2. The van der Waals surface area contributed by atoms with E-state index in [0.717, 1.165) is 32.2 Å². The Morgan fingerprint density at radius 3 is 2.75 bits per heavy atom. The second-order valence-electron chi connectivity index (χ2n) is 6.19. The van der Waals surface area contributed by atoms with Crippen LogP contribution in [0.15, 0.2) is 30.3 Å². The molecule has 3 heteroatoms. The van der Waals surface area contributed by atoms with Crippen molar-refractivity contribution < 1.29 is 9.90 Å². The summed E-state index contributed by atoms with van der Waals surface area (Å²) in [4.78, 5) is 14.6. The van der Waals surface area contributed by atoms with Gasteiger partial charge in [-0.1, -0.05) is 30.3 Å². The van der Waals surface area contributed by atoms with Crippen LogP contribution in [0.4, 0.5) is 0 Å². The normalized spacial score (nSPS) is 30.9. The molecule has 1 saturated heterocycles. The molecule has 3 rings (SSSR count). The van der Waals surface area contributed by atoms with Crippen molar-refractivity contribution in [2.24, 2.45) is 5.92 Å². The minimum absolute atomic E-state index is 0.0215. The van der Waals surface area contributed by atoms with Crippen LogP contribution in [-0.4, -0.2) is 34.6 Å². The number of benzene rings is 1. The lowest BCUT2D eigenvalue weighted by Gasteiger charge is -2.37. The highest BCUT2D eigenvalue weighted by Gasteiger charge is 2.47. The molecule has 20 heavy (non-hydrogen) atoms. The lowest BCUT2D eigenvalue weighted by atomic mass is 9.97. The molecule has 1 aromatic carbocycles. The Kier molecular flexibility index (Phi) is 3.79. The first-order chi connectivity index (χ1) is 9.68. The van der Waals surface area contributed by atoms with Gasteiger partial charge in [-0.3, -0.25) is 4.79 Å². The van der Waals surface area contributed by atoms with E-state index in [1.807, 2.05) is 23.1 Å². The van der Waals surface area contributed by atoms with Crippen LogP contribution in [0.3, 0.4) is 0 Å². The van der Waals surface area contributed by atoms with Crippen molar-refractivity contribution in [1.29, 1.82) is 0 Å². The first-order valence-electron chi connectivity index (χ1n) is 7.72. The van der Waals surface area contributed by atoms with E-state index >= 15 is 0 Å². The molecular weight excluding hydrogens is 250 g/mol. The maximum Gasteiger partial charge on any atom is 0.226 e. The van der Waals surface area contributed by atoms with Gasteiger partial charge < -0.3 is 10.0 Å². The van der Waals surface area contributed by atoms with Crippen molar-refractivity contribution >= 4 is 5.91 Å². The molecule has 2 fully saturated rings. The smallest absolute Gasteiger partial charge is 0.226 e. The monoisotopic (exact) mass is 273 g/mol. The van der Waals surface area contributed by atoms with Gasteiger partial charge in [-0.05, 0) is 44.1 Å². The molecule has 1 aliphatic carbocycles. The number of carbonyl (C=O) groups is 1. The van der Waals surface area contributed by atoms with E-state index in [1.54, 1.807) is 6.92 Å². The lowest BCUT2D eigenvalue weighted by molar-refractivity contribution is -0.139. The number of nitrogens with zero attached hydrogens (tertiary/aromatic N) is 1. The Hall–Kier alpha value is -1.35. The highest BCUT2D eigenvalue weighted by atomic mass is 16.3. The summed E-state index contributed by atoms with van der Waals surface area (Å²) in [7, 11) is 0. The van der Waals surface area contributed by atoms with E-state index in [-0.39, 0.29) is 17.9 Å². The summed E-state index contributed by atoms with van der Waals surface area (Å²) in [5.41, 5.74) is 1.27. The molecule has 4 unspecified atom stereocenters. The highest BCUT2D eigenvalue weighted by Crippen LogP contribution is 2.49. The first kappa shape index (κ1) is 13.6. The molecule has 0 spiro atoms. The first-order valence-corrected chi connectivity index (χ1v) is 7.72. The van der Waals surface area contributed by atoms with Crippen LogP contribution < -0.4 is 0 Å². The van der Waals surface area contributed by atoms with Crippen molar-refractivity contribution in [3.05, 3.63) is 35.9 Å². The molecule has 0 aromatic heterocycles.